The fourth-order valence-electron chi connectivity index (χ4n) is 2.14. The zero-order valence-corrected chi connectivity index (χ0v) is 11.4. The lowest BCUT2D eigenvalue weighted by Crippen LogP contribution is -2.48. The molecule has 0 bridgehead atoms. The van der Waals surface area contributed by atoms with E-state index in [1.165, 1.54) is 18.2 Å². The molecule has 1 unspecified atom stereocenters. The normalized spacial score (nSPS) is 21.4. The number of carbonyl (C=O) groups excluding carboxylic acids is 2. The van der Waals surface area contributed by atoms with Gasteiger partial charge in [-0.2, -0.15) is 13.2 Å². The average Bonchev–Trinajstić information content (AvgIpc) is 2.74. The summed E-state index contributed by atoms with van der Waals surface area (Å²) in [5, 5.41) is 4.36. The number of urea groups is 1. The molecule has 5 nitrogen and oxygen atoms in total. The molecule has 0 radical (unpaired) electrons. The van der Waals surface area contributed by atoms with Crippen molar-refractivity contribution in [1.29, 1.82) is 0 Å². The molecule has 1 atom stereocenters. The molecule has 22 heavy (non-hydrogen) atoms. The van der Waals surface area contributed by atoms with Crippen LogP contribution in [0, 0.1) is 0 Å². The molecule has 2 rings (SSSR count). The highest BCUT2D eigenvalue weighted by Gasteiger charge is 2.48. The zero-order valence-electron chi connectivity index (χ0n) is 11.4. The summed E-state index contributed by atoms with van der Waals surface area (Å²) in [7, 11) is 0. The van der Waals surface area contributed by atoms with Gasteiger partial charge >= 0.3 is 12.2 Å². The Morgan fingerprint density at radius 1 is 1.32 bits per heavy atom. The van der Waals surface area contributed by atoms with Crippen LogP contribution in [-0.2, 0) is 21.2 Å². The summed E-state index contributed by atoms with van der Waals surface area (Å²) in [6.07, 6.45) is -3.13. The second kappa shape index (κ2) is 5.80. The van der Waals surface area contributed by atoms with Gasteiger partial charge in [0.15, 0.2) is 5.54 Å². The zero-order chi connectivity index (χ0) is 16.4. The second-order valence-electron chi connectivity index (χ2n) is 4.70. The van der Waals surface area contributed by atoms with Crippen molar-refractivity contribution in [3.8, 4) is 0 Å². The summed E-state index contributed by atoms with van der Waals surface area (Å²) in [5.41, 5.74) is -2.61. The average molecular weight is 314 g/mol. The molecule has 0 aliphatic carbocycles. The number of nitrogens with one attached hydrogen (secondary N) is 2. The lowest BCUT2D eigenvalue weighted by molar-refractivity contribution is -0.138. The highest BCUT2D eigenvalue weighted by molar-refractivity contribution is 6.07. The molecule has 1 aromatic carbocycles. The second-order valence-corrected chi connectivity index (χ2v) is 4.70. The lowest BCUT2D eigenvalue weighted by atomic mass is 9.89. The first-order valence-electron chi connectivity index (χ1n) is 6.29. The van der Waals surface area contributed by atoms with Crippen molar-refractivity contribution in [2.45, 2.75) is 11.7 Å². The van der Waals surface area contributed by atoms with Crippen molar-refractivity contribution in [2.75, 3.05) is 13.2 Å². The van der Waals surface area contributed by atoms with Gasteiger partial charge in [-0.1, -0.05) is 18.2 Å². The minimum atomic E-state index is -4.56. The molecular formula is C14H13F3N2O3. The van der Waals surface area contributed by atoms with Gasteiger partial charge in [-0.05, 0) is 17.7 Å². The molecule has 1 aliphatic rings. The van der Waals surface area contributed by atoms with Crippen LogP contribution < -0.4 is 10.6 Å². The van der Waals surface area contributed by atoms with Gasteiger partial charge in [0, 0.05) is 0 Å². The highest BCUT2D eigenvalue weighted by Crippen LogP contribution is 2.33. The van der Waals surface area contributed by atoms with E-state index in [0.29, 0.717) is 0 Å². The van der Waals surface area contributed by atoms with Crippen LogP contribution in [0.1, 0.15) is 11.1 Å². The van der Waals surface area contributed by atoms with Gasteiger partial charge in [0.2, 0.25) is 0 Å². The summed E-state index contributed by atoms with van der Waals surface area (Å²) in [6.45, 7) is 3.22. The smallest absolute Gasteiger partial charge is 0.374 e. The molecule has 1 heterocycles. The molecular weight excluding hydrogens is 301 g/mol. The summed E-state index contributed by atoms with van der Waals surface area (Å²) in [5.74, 6) is -0.763. The Bertz CT molecular complexity index is 616. The van der Waals surface area contributed by atoms with Crippen molar-refractivity contribution >= 4 is 11.9 Å². The molecule has 1 saturated heterocycles. The van der Waals surface area contributed by atoms with Gasteiger partial charge in [0.1, 0.15) is 0 Å². The largest absolute Gasteiger partial charge is 0.416 e. The third kappa shape index (κ3) is 2.96. The molecule has 8 heteroatoms. The van der Waals surface area contributed by atoms with Gasteiger partial charge in [-0.25, -0.2) is 4.79 Å². The minimum absolute atomic E-state index is 0.00487. The molecule has 1 aliphatic heterocycles. The summed E-state index contributed by atoms with van der Waals surface area (Å²) < 4.78 is 43.7. The van der Waals surface area contributed by atoms with E-state index in [0.717, 1.165) is 12.1 Å². The number of ether oxygens (including phenoxy) is 1. The van der Waals surface area contributed by atoms with Crippen LogP contribution in [0.5, 0.6) is 0 Å². The summed E-state index contributed by atoms with van der Waals surface area (Å²) >= 11 is 0. The van der Waals surface area contributed by atoms with Crippen LogP contribution in [0.2, 0.25) is 0 Å². The topological polar surface area (TPSA) is 67.4 Å². The quantitative estimate of drug-likeness (QED) is 0.496. The summed E-state index contributed by atoms with van der Waals surface area (Å²) in [4.78, 5) is 23.5. The fourth-order valence-corrected chi connectivity index (χ4v) is 2.14. The predicted molar refractivity (Wildman–Crippen MR) is 70.8 cm³/mol. The number of carbonyl (C=O) groups is 2. The Labute approximate surface area is 124 Å². The fraction of sp³-hybridized carbons (Fsp3) is 0.286. The maximum atomic E-state index is 12.8. The number of alkyl halides is 3. The van der Waals surface area contributed by atoms with E-state index in [1.54, 1.807) is 0 Å². The number of rotatable bonds is 5. The van der Waals surface area contributed by atoms with E-state index in [1.807, 2.05) is 5.32 Å². The van der Waals surface area contributed by atoms with Crippen LogP contribution in [0.3, 0.4) is 0 Å². The van der Waals surface area contributed by atoms with Gasteiger partial charge in [-0.15, -0.1) is 6.58 Å². The Kier molecular flexibility index (Phi) is 4.23. The Balaban J connectivity index is 2.44. The number of imide groups is 1. The van der Waals surface area contributed by atoms with Crippen molar-refractivity contribution in [2.24, 2.45) is 0 Å². The lowest BCUT2D eigenvalue weighted by Gasteiger charge is -2.26. The molecule has 118 valence electrons. The van der Waals surface area contributed by atoms with Crippen LogP contribution in [0.4, 0.5) is 18.0 Å². The molecule has 0 saturated carbocycles. The number of benzene rings is 1. The van der Waals surface area contributed by atoms with Crippen LogP contribution in [0.25, 0.3) is 0 Å². The van der Waals surface area contributed by atoms with Gasteiger partial charge in [0.05, 0.1) is 18.8 Å². The molecule has 0 aromatic heterocycles. The van der Waals surface area contributed by atoms with Crippen LogP contribution in [0.15, 0.2) is 36.9 Å². The maximum absolute atomic E-state index is 12.8. The van der Waals surface area contributed by atoms with E-state index in [9.17, 15) is 22.8 Å². The third-order valence-corrected chi connectivity index (χ3v) is 3.18. The van der Waals surface area contributed by atoms with Crippen molar-refractivity contribution in [3.63, 3.8) is 0 Å². The molecule has 1 aromatic rings. The number of halogens is 3. The SMILES string of the molecule is C=CCOCC1(c2cccc(C(F)(F)F)c2)NC(=O)NC1=O. The van der Waals surface area contributed by atoms with Crippen LogP contribution in [-0.4, -0.2) is 25.2 Å². The third-order valence-electron chi connectivity index (χ3n) is 3.18. The first kappa shape index (κ1) is 16.0. The monoisotopic (exact) mass is 314 g/mol. The maximum Gasteiger partial charge on any atom is 0.416 e. The van der Waals surface area contributed by atoms with E-state index in [4.69, 9.17) is 4.74 Å². The van der Waals surface area contributed by atoms with Crippen LogP contribution >= 0.6 is 0 Å². The van der Waals surface area contributed by atoms with E-state index >= 15 is 0 Å². The highest BCUT2D eigenvalue weighted by atomic mass is 19.4. The summed E-state index contributed by atoms with van der Waals surface area (Å²) in [6, 6.07) is 3.42. The predicted octanol–water partition coefficient (Wildman–Crippen LogP) is 1.94. The van der Waals surface area contributed by atoms with Crippen molar-refractivity contribution in [1.82, 2.24) is 10.6 Å². The van der Waals surface area contributed by atoms with E-state index in [-0.39, 0.29) is 18.8 Å². The number of hydrogen-bond donors (Lipinski definition) is 2. The number of hydrogen-bond acceptors (Lipinski definition) is 3. The van der Waals surface area contributed by atoms with Gasteiger partial charge < -0.3 is 10.1 Å². The Hall–Kier alpha value is -2.35. The Morgan fingerprint density at radius 2 is 2.05 bits per heavy atom. The van der Waals surface area contributed by atoms with E-state index in [2.05, 4.69) is 11.9 Å². The van der Waals surface area contributed by atoms with Gasteiger partial charge in [0.25, 0.3) is 5.91 Å². The molecule has 2 N–H and O–H groups in total. The van der Waals surface area contributed by atoms with Crippen molar-refractivity contribution < 1.29 is 27.5 Å². The minimum Gasteiger partial charge on any atom is -0.374 e. The first-order valence-corrected chi connectivity index (χ1v) is 6.29. The number of amides is 3. The standard InChI is InChI=1S/C14H13F3N2O3/c1-2-6-22-8-13(11(20)18-12(21)19-13)9-4-3-5-10(7-9)14(15,16)17/h2-5,7H,1,6,8H2,(H2,18,19,20,21). The molecule has 0 spiro atoms. The molecule has 3 amide bonds. The molecule has 1 fully saturated rings. The Morgan fingerprint density at radius 3 is 2.59 bits per heavy atom. The van der Waals surface area contributed by atoms with E-state index < -0.39 is 29.2 Å². The van der Waals surface area contributed by atoms with Gasteiger partial charge in [-0.3, -0.25) is 10.1 Å². The first-order chi connectivity index (χ1) is 10.3. The van der Waals surface area contributed by atoms with Crippen molar-refractivity contribution in [3.05, 3.63) is 48.0 Å².